The molecule has 0 saturated carbocycles. The Morgan fingerprint density at radius 1 is 1.21 bits per heavy atom. The Labute approximate surface area is 167 Å². The summed E-state index contributed by atoms with van der Waals surface area (Å²) in [6, 6.07) is 0. The molecule has 1 fully saturated rings. The maximum Gasteiger partial charge on any atom is 0.257 e. The maximum atomic E-state index is 13.0. The Balaban J connectivity index is 1.54. The largest absolute Gasteiger partial charge is 0.342 e. The van der Waals surface area contributed by atoms with E-state index in [4.69, 9.17) is 0 Å². The Morgan fingerprint density at radius 2 is 2.00 bits per heavy atom. The maximum absolute atomic E-state index is 13.0. The van der Waals surface area contributed by atoms with Gasteiger partial charge in [-0.25, -0.2) is 0 Å². The molecule has 9 heteroatoms. The topological polar surface area (TPSA) is 90.0 Å². The molecule has 1 aromatic heterocycles. The molecule has 1 atom stereocenters. The first kappa shape index (κ1) is 18.9. The van der Waals surface area contributed by atoms with Crippen molar-refractivity contribution in [2.75, 3.05) is 38.5 Å². The molecule has 4 rings (SSSR count). The molecular weight excluding hydrogens is 380 g/mol. The summed E-state index contributed by atoms with van der Waals surface area (Å²) in [5, 5.41) is 3.43. The highest BCUT2D eigenvalue weighted by Gasteiger charge is 2.37. The van der Waals surface area contributed by atoms with Gasteiger partial charge in [0.05, 0.1) is 24.6 Å². The SMILES string of the molecule is CCN1CC(C(=O)N2CCc3c(sc4c3C(=O)N(C)CC(=O)N4)C2)CCC1=O. The van der Waals surface area contributed by atoms with Gasteiger partial charge in [0, 0.05) is 38.0 Å². The van der Waals surface area contributed by atoms with Crippen LogP contribution in [0.25, 0.3) is 0 Å². The third kappa shape index (κ3) is 3.17. The van der Waals surface area contributed by atoms with Gasteiger partial charge in [-0.05, 0) is 25.3 Å². The van der Waals surface area contributed by atoms with Crippen LogP contribution in [-0.2, 0) is 27.3 Å². The fourth-order valence-electron chi connectivity index (χ4n) is 4.23. The van der Waals surface area contributed by atoms with Gasteiger partial charge in [-0.3, -0.25) is 19.2 Å². The summed E-state index contributed by atoms with van der Waals surface area (Å²) in [6.45, 7) is 4.09. The number of likely N-dealkylation sites (N-methyl/N-ethyl adjacent to an activating group) is 1. The quantitative estimate of drug-likeness (QED) is 0.794. The van der Waals surface area contributed by atoms with Crippen LogP contribution < -0.4 is 5.32 Å². The van der Waals surface area contributed by atoms with Crippen molar-refractivity contribution < 1.29 is 19.2 Å². The van der Waals surface area contributed by atoms with E-state index >= 15 is 0 Å². The summed E-state index contributed by atoms with van der Waals surface area (Å²) in [4.78, 5) is 55.6. The number of carbonyl (C=O) groups excluding carboxylic acids is 4. The molecule has 4 heterocycles. The second-order valence-electron chi connectivity index (χ2n) is 7.60. The number of thiophene rings is 1. The second-order valence-corrected chi connectivity index (χ2v) is 8.70. The number of piperidine rings is 1. The van der Waals surface area contributed by atoms with Crippen LogP contribution in [0.5, 0.6) is 0 Å². The van der Waals surface area contributed by atoms with E-state index in [1.54, 1.807) is 11.9 Å². The van der Waals surface area contributed by atoms with E-state index in [9.17, 15) is 19.2 Å². The van der Waals surface area contributed by atoms with Crippen molar-refractivity contribution in [3.05, 3.63) is 16.0 Å². The molecule has 1 N–H and O–H groups in total. The summed E-state index contributed by atoms with van der Waals surface area (Å²) in [5.41, 5.74) is 1.54. The Bertz CT molecular complexity index is 864. The smallest absolute Gasteiger partial charge is 0.257 e. The van der Waals surface area contributed by atoms with Gasteiger partial charge >= 0.3 is 0 Å². The van der Waals surface area contributed by atoms with Crippen LogP contribution in [-0.4, -0.2) is 71.6 Å². The number of amides is 4. The van der Waals surface area contributed by atoms with E-state index in [1.165, 1.54) is 16.2 Å². The van der Waals surface area contributed by atoms with Crippen molar-refractivity contribution in [2.24, 2.45) is 5.92 Å². The lowest BCUT2D eigenvalue weighted by atomic mass is 9.94. The van der Waals surface area contributed by atoms with Crippen LogP contribution in [0.4, 0.5) is 5.00 Å². The van der Waals surface area contributed by atoms with E-state index in [0.717, 1.165) is 10.4 Å². The predicted octanol–water partition coefficient (Wildman–Crippen LogP) is 0.915. The minimum Gasteiger partial charge on any atom is -0.342 e. The minimum absolute atomic E-state index is 0.0495. The van der Waals surface area contributed by atoms with Crippen molar-refractivity contribution in [3.8, 4) is 0 Å². The number of likely N-dealkylation sites (tertiary alicyclic amines) is 1. The van der Waals surface area contributed by atoms with Crippen LogP contribution in [0.1, 0.15) is 40.6 Å². The normalized spacial score (nSPS) is 22.6. The molecule has 0 bridgehead atoms. The number of hydrogen-bond donors (Lipinski definition) is 1. The molecule has 0 spiro atoms. The average molecular weight is 404 g/mol. The summed E-state index contributed by atoms with van der Waals surface area (Å²) >= 11 is 1.40. The third-order valence-electron chi connectivity index (χ3n) is 5.79. The van der Waals surface area contributed by atoms with E-state index in [1.807, 2.05) is 11.8 Å². The van der Waals surface area contributed by atoms with Crippen molar-refractivity contribution >= 4 is 40.0 Å². The number of nitrogens with zero attached hydrogens (tertiary/aromatic N) is 3. The highest BCUT2D eigenvalue weighted by molar-refractivity contribution is 7.17. The van der Waals surface area contributed by atoms with E-state index in [-0.39, 0.29) is 36.1 Å². The molecule has 3 aliphatic heterocycles. The Morgan fingerprint density at radius 3 is 2.75 bits per heavy atom. The number of anilines is 1. The van der Waals surface area contributed by atoms with E-state index in [0.29, 0.717) is 56.0 Å². The third-order valence-corrected chi connectivity index (χ3v) is 6.93. The van der Waals surface area contributed by atoms with Crippen molar-refractivity contribution in [3.63, 3.8) is 0 Å². The molecular formula is C19H24N4O4S. The molecule has 1 saturated heterocycles. The monoisotopic (exact) mass is 404 g/mol. The van der Waals surface area contributed by atoms with Gasteiger partial charge in [0.2, 0.25) is 17.7 Å². The highest BCUT2D eigenvalue weighted by atomic mass is 32.1. The van der Waals surface area contributed by atoms with E-state index < -0.39 is 0 Å². The lowest BCUT2D eigenvalue weighted by molar-refractivity contribution is -0.143. The van der Waals surface area contributed by atoms with Crippen LogP contribution in [0.2, 0.25) is 0 Å². The highest BCUT2D eigenvalue weighted by Crippen LogP contribution is 2.39. The minimum atomic E-state index is -0.201. The Hall–Kier alpha value is -2.42. The zero-order chi connectivity index (χ0) is 20.0. The summed E-state index contributed by atoms with van der Waals surface area (Å²) in [5.74, 6) is -0.312. The fraction of sp³-hybridized carbons (Fsp3) is 0.579. The standard InChI is InChI=1S/C19H24N4O4S/c1-3-22-8-11(4-5-15(22)25)18(26)23-7-6-12-13(9-23)28-17-16(12)19(27)21(2)10-14(24)20-17/h11H,3-10H2,1-2H3,(H,20,24). The molecule has 0 radical (unpaired) electrons. The van der Waals surface area contributed by atoms with Gasteiger partial charge in [0.1, 0.15) is 5.00 Å². The molecule has 0 aliphatic carbocycles. The zero-order valence-corrected chi connectivity index (χ0v) is 16.9. The van der Waals surface area contributed by atoms with Gasteiger partial charge in [-0.2, -0.15) is 0 Å². The zero-order valence-electron chi connectivity index (χ0n) is 16.1. The van der Waals surface area contributed by atoms with Gasteiger partial charge in [0.25, 0.3) is 5.91 Å². The Kier molecular flexibility index (Phi) is 4.86. The number of fused-ring (bicyclic) bond motifs is 3. The van der Waals surface area contributed by atoms with Crippen molar-refractivity contribution in [2.45, 2.75) is 32.7 Å². The lowest BCUT2D eigenvalue weighted by Gasteiger charge is -2.35. The molecule has 4 amide bonds. The second kappa shape index (κ2) is 7.20. The van der Waals surface area contributed by atoms with Gasteiger partial charge in [0.15, 0.2) is 0 Å². The average Bonchev–Trinajstić information content (AvgIpc) is 2.98. The van der Waals surface area contributed by atoms with E-state index in [2.05, 4.69) is 5.32 Å². The molecule has 8 nitrogen and oxygen atoms in total. The number of carbonyl (C=O) groups is 4. The molecule has 3 aliphatic rings. The first-order chi connectivity index (χ1) is 13.4. The molecule has 1 aromatic rings. The van der Waals surface area contributed by atoms with Gasteiger partial charge < -0.3 is 20.0 Å². The van der Waals surface area contributed by atoms with Gasteiger partial charge in [-0.15, -0.1) is 11.3 Å². The van der Waals surface area contributed by atoms with Crippen molar-refractivity contribution in [1.29, 1.82) is 0 Å². The number of nitrogens with one attached hydrogen (secondary N) is 1. The first-order valence-corrected chi connectivity index (χ1v) is 10.5. The van der Waals surface area contributed by atoms with Crippen LogP contribution >= 0.6 is 11.3 Å². The van der Waals surface area contributed by atoms with Crippen LogP contribution in [0.3, 0.4) is 0 Å². The molecule has 150 valence electrons. The first-order valence-electron chi connectivity index (χ1n) is 9.65. The number of hydrogen-bond acceptors (Lipinski definition) is 5. The summed E-state index contributed by atoms with van der Waals surface area (Å²) in [6.07, 6.45) is 1.62. The van der Waals surface area contributed by atoms with Crippen LogP contribution in [0.15, 0.2) is 0 Å². The van der Waals surface area contributed by atoms with Crippen LogP contribution in [0, 0.1) is 5.92 Å². The summed E-state index contributed by atoms with van der Waals surface area (Å²) < 4.78 is 0. The fourth-order valence-corrected chi connectivity index (χ4v) is 5.50. The predicted molar refractivity (Wildman–Crippen MR) is 104 cm³/mol. The lowest BCUT2D eigenvalue weighted by Crippen LogP contribution is -2.47. The van der Waals surface area contributed by atoms with Gasteiger partial charge in [-0.1, -0.05) is 0 Å². The van der Waals surface area contributed by atoms with Crippen molar-refractivity contribution in [1.82, 2.24) is 14.7 Å². The molecule has 1 unspecified atom stereocenters. The molecule has 0 aromatic carbocycles. The number of rotatable bonds is 2. The summed E-state index contributed by atoms with van der Waals surface area (Å²) in [7, 11) is 1.63. The molecule has 28 heavy (non-hydrogen) atoms.